The van der Waals surface area contributed by atoms with Crippen LogP contribution >= 0.6 is 23.2 Å². The first-order chi connectivity index (χ1) is 12.8. The van der Waals surface area contributed by atoms with Crippen molar-refractivity contribution in [3.8, 4) is 5.69 Å². The van der Waals surface area contributed by atoms with Gasteiger partial charge in [-0.3, -0.25) is 14.4 Å². The molecular weight excluding hydrogens is 391 g/mol. The van der Waals surface area contributed by atoms with Crippen LogP contribution in [0, 0.1) is 12.8 Å². The number of para-hydroxylation sites is 1. The van der Waals surface area contributed by atoms with Gasteiger partial charge in [0.25, 0.3) is 0 Å². The molecule has 0 amide bonds. The number of nitrogens with zero attached hydrogens (tertiary/aromatic N) is 2. The average Bonchev–Trinajstić information content (AvgIpc) is 2.86. The first-order valence-electron chi connectivity index (χ1n) is 7.95. The number of ether oxygens (including phenoxy) is 1. The van der Waals surface area contributed by atoms with E-state index in [1.54, 1.807) is 31.2 Å². The van der Waals surface area contributed by atoms with Crippen molar-refractivity contribution in [3.05, 3.63) is 63.6 Å². The van der Waals surface area contributed by atoms with Crippen LogP contribution in [-0.2, 0) is 19.1 Å². The number of aromatic nitrogens is 2. The average molecular weight is 405 g/mol. The van der Waals surface area contributed by atoms with Crippen LogP contribution in [0.3, 0.4) is 0 Å². The van der Waals surface area contributed by atoms with E-state index in [1.165, 1.54) is 17.7 Å². The summed E-state index contributed by atoms with van der Waals surface area (Å²) in [5.41, 5.74) is 1.62. The molecule has 1 aliphatic heterocycles. The number of ketones is 2. The molecule has 8 heteroatoms. The number of esters is 1. The van der Waals surface area contributed by atoms with Crippen LogP contribution in [0.15, 0.2) is 42.2 Å². The van der Waals surface area contributed by atoms with Crippen molar-refractivity contribution in [2.75, 3.05) is 0 Å². The molecule has 1 unspecified atom stereocenters. The quantitative estimate of drug-likeness (QED) is 0.440. The molecule has 1 aromatic carbocycles. The van der Waals surface area contributed by atoms with E-state index in [2.05, 4.69) is 5.10 Å². The normalized spacial score (nSPS) is 17.2. The first-order valence-corrected chi connectivity index (χ1v) is 8.71. The number of carbonyl (C=O) groups is 3. The SMILES string of the molecule is CC1=CC(=O)C(C(=O)/C=C/c2c(C)nn(-c3ccccc3Cl)c2Cl)C(=O)O1. The summed E-state index contributed by atoms with van der Waals surface area (Å²) in [5, 5.41) is 5.05. The van der Waals surface area contributed by atoms with Crippen LogP contribution in [0.4, 0.5) is 0 Å². The van der Waals surface area contributed by atoms with Gasteiger partial charge in [-0.05, 0) is 38.1 Å². The lowest BCUT2D eigenvalue weighted by atomic mass is 9.96. The molecular formula is C19H14Cl2N2O4. The van der Waals surface area contributed by atoms with Crippen molar-refractivity contribution >= 4 is 46.8 Å². The molecule has 6 nitrogen and oxygen atoms in total. The lowest BCUT2D eigenvalue weighted by Gasteiger charge is -2.15. The van der Waals surface area contributed by atoms with Gasteiger partial charge in [-0.15, -0.1) is 0 Å². The molecule has 0 spiro atoms. The number of hydrogen-bond donors (Lipinski definition) is 0. The van der Waals surface area contributed by atoms with Gasteiger partial charge >= 0.3 is 5.97 Å². The Labute approximate surface area is 165 Å². The molecule has 2 heterocycles. The third-order valence-corrected chi connectivity index (χ3v) is 4.64. The highest BCUT2D eigenvalue weighted by atomic mass is 35.5. The van der Waals surface area contributed by atoms with Gasteiger partial charge in [0.15, 0.2) is 17.5 Å². The maximum absolute atomic E-state index is 12.3. The van der Waals surface area contributed by atoms with Crippen LogP contribution < -0.4 is 0 Å². The molecule has 0 aliphatic carbocycles. The Kier molecular flexibility index (Phi) is 5.30. The van der Waals surface area contributed by atoms with Gasteiger partial charge in [-0.25, -0.2) is 4.68 Å². The largest absolute Gasteiger partial charge is 0.430 e. The Bertz CT molecular complexity index is 1020. The van der Waals surface area contributed by atoms with E-state index >= 15 is 0 Å². The fourth-order valence-corrected chi connectivity index (χ4v) is 3.19. The Morgan fingerprint density at radius 2 is 1.93 bits per heavy atom. The summed E-state index contributed by atoms with van der Waals surface area (Å²) in [7, 11) is 0. The molecule has 0 saturated carbocycles. The van der Waals surface area contributed by atoms with E-state index in [4.69, 9.17) is 27.9 Å². The molecule has 1 atom stereocenters. The van der Waals surface area contributed by atoms with Crippen LogP contribution in [-0.4, -0.2) is 27.3 Å². The van der Waals surface area contributed by atoms with Crippen molar-refractivity contribution < 1.29 is 19.1 Å². The summed E-state index contributed by atoms with van der Waals surface area (Å²) < 4.78 is 6.31. The molecule has 0 saturated heterocycles. The third kappa shape index (κ3) is 3.72. The number of benzene rings is 1. The molecule has 3 rings (SSSR count). The second-order valence-electron chi connectivity index (χ2n) is 5.90. The fourth-order valence-electron chi connectivity index (χ4n) is 2.65. The number of rotatable bonds is 4. The van der Waals surface area contributed by atoms with Crippen molar-refractivity contribution in [1.82, 2.24) is 9.78 Å². The summed E-state index contributed by atoms with van der Waals surface area (Å²) in [6.45, 7) is 3.19. The molecule has 138 valence electrons. The maximum atomic E-state index is 12.3. The highest BCUT2D eigenvalue weighted by Crippen LogP contribution is 2.28. The summed E-state index contributed by atoms with van der Waals surface area (Å²) >= 11 is 12.6. The summed E-state index contributed by atoms with van der Waals surface area (Å²) in [4.78, 5) is 36.1. The van der Waals surface area contributed by atoms with Crippen LogP contribution in [0.25, 0.3) is 11.8 Å². The maximum Gasteiger partial charge on any atom is 0.329 e. The third-order valence-electron chi connectivity index (χ3n) is 3.95. The minimum Gasteiger partial charge on any atom is -0.430 e. The number of aryl methyl sites for hydroxylation is 1. The van der Waals surface area contributed by atoms with Crippen molar-refractivity contribution in [2.24, 2.45) is 5.92 Å². The second-order valence-corrected chi connectivity index (χ2v) is 6.67. The van der Waals surface area contributed by atoms with E-state index in [9.17, 15) is 14.4 Å². The van der Waals surface area contributed by atoms with Crippen molar-refractivity contribution in [1.29, 1.82) is 0 Å². The van der Waals surface area contributed by atoms with Gasteiger partial charge < -0.3 is 4.74 Å². The van der Waals surface area contributed by atoms with Gasteiger partial charge in [-0.2, -0.15) is 5.10 Å². The predicted octanol–water partition coefficient (Wildman–Crippen LogP) is 3.72. The number of allylic oxidation sites excluding steroid dienone is 3. The lowest BCUT2D eigenvalue weighted by molar-refractivity contribution is -0.151. The molecule has 0 bridgehead atoms. The molecule has 1 aliphatic rings. The zero-order valence-electron chi connectivity index (χ0n) is 14.4. The minimum atomic E-state index is -1.50. The number of hydrogen-bond acceptors (Lipinski definition) is 5. The van der Waals surface area contributed by atoms with Crippen molar-refractivity contribution in [2.45, 2.75) is 13.8 Å². The fraction of sp³-hybridized carbons (Fsp3) is 0.158. The molecule has 0 radical (unpaired) electrons. The van der Waals surface area contributed by atoms with Gasteiger partial charge in [0.2, 0.25) is 0 Å². The highest BCUT2D eigenvalue weighted by molar-refractivity contribution is 6.34. The van der Waals surface area contributed by atoms with Crippen LogP contribution in [0.1, 0.15) is 18.2 Å². The number of cyclic esters (lactones) is 1. The van der Waals surface area contributed by atoms with E-state index in [0.717, 1.165) is 12.2 Å². The Morgan fingerprint density at radius 1 is 1.22 bits per heavy atom. The topological polar surface area (TPSA) is 78.3 Å². The molecule has 1 aromatic heterocycles. The van der Waals surface area contributed by atoms with Gasteiger partial charge in [0.1, 0.15) is 10.9 Å². The van der Waals surface area contributed by atoms with Gasteiger partial charge in [0.05, 0.1) is 16.4 Å². The second kappa shape index (κ2) is 7.50. The zero-order valence-corrected chi connectivity index (χ0v) is 15.9. The monoisotopic (exact) mass is 404 g/mol. The molecule has 0 fully saturated rings. The highest BCUT2D eigenvalue weighted by Gasteiger charge is 2.36. The number of carbonyl (C=O) groups excluding carboxylic acids is 3. The standard InChI is InChI=1S/C19H14Cl2N2O4/c1-10-9-16(25)17(19(26)27-10)15(24)8-7-12-11(2)22-23(18(12)21)14-6-4-3-5-13(14)20/h3-9,17H,1-2H3/b8-7+. The van der Waals surface area contributed by atoms with Crippen LogP contribution in [0.2, 0.25) is 10.2 Å². The smallest absolute Gasteiger partial charge is 0.329 e. The van der Waals surface area contributed by atoms with Gasteiger partial charge in [0, 0.05) is 11.6 Å². The van der Waals surface area contributed by atoms with E-state index in [-0.39, 0.29) is 10.9 Å². The molecule has 2 aromatic rings. The summed E-state index contributed by atoms with van der Waals surface area (Å²) in [6.07, 6.45) is 3.68. The zero-order chi connectivity index (χ0) is 19.7. The predicted molar refractivity (Wildman–Crippen MR) is 101 cm³/mol. The van der Waals surface area contributed by atoms with E-state index in [1.807, 2.05) is 0 Å². The first kappa shape index (κ1) is 19.1. The van der Waals surface area contributed by atoms with Crippen molar-refractivity contribution in [3.63, 3.8) is 0 Å². The Hall–Kier alpha value is -2.70. The molecule has 0 N–H and O–H groups in total. The summed E-state index contributed by atoms with van der Waals surface area (Å²) in [5.74, 6) is -3.51. The van der Waals surface area contributed by atoms with Gasteiger partial charge in [-0.1, -0.05) is 35.3 Å². The summed E-state index contributed by atoms with van der Waals surface area (Å²) in [6, 6.07) is 7.04. The van der Waals surface area contributed by atoms with E-state index in [0.29, 0.717) is 22.0 Å². The van der Waals surface area contributed by atoms with E-state index < -0.39 is 23.5 Å². The minimum absolute atomic E-state index is 0.165. The Morgan fingerprint density at radius 3 is 2.59 bits per heavy atom. The molecule has 27 heavy (non-hydrogen) atoms. The lowest BCUT2D eigenvalue weighted by Crippen LogP contribution is -2.34. The number of halogens is 2. The Balaban J connectivity index is 1.90. The van der Waals surface area contributed by atoms with Crippen LogP contribution in [0.5, 0.6) is 0 Å².